The lowest BCUT2D eigenvalue weighted by Gasteiger charge is -2.42. The zero-order valence-corrected chi connectivity index (χ0v) is 23.4. The zero-order chi connectivity index (χ0) is 28.6. The van der Waals surface area contributed by atoms with Crippen LogP contribution in [0.25, 0.3) is 16.8 Å². The van der Waals surface area contributed by atoms with E-state index < -0.39 is 23.7 Å². The summed E-state index contributed by atoms with van der Waals surface area (Å²) in [7, 11) is 0. The van der Waals surface area contributed by atoms with Gasteiger partial charge in [-0.15, -0.1) is 0 Å². The van der Waals surface area contributed by atoms with E-state index in [1.165, 1.54) is 11.0 Å². The molecule has 2 amide bonds. The van der Waals surface area contributed by atoms with Crippen LogP contribution in [0, 0.1) is 17.8 Å². The number of phenols is 1. The Kier molecular flexibility index (Phi) is 5.84. The zero-order valence-electron chi connectivity index (χ0n) is 21.8. The summed E-state index contributed by atoms with van der Waals surface area (Å²) in [6.07, 6.45) is 5.44. The van der Waals surface area contributed by atoms with Gasteiger partial charge in [0, 0.05) is 34.1 Å². The minimum Gasteiger partial charge on any atom is -0.507 e. The van der Waals surface area contributed by atoms with Gasteiger partial charge in [0.25, 0.3) is 0 Å². The minimum absolute atomic E-state index is 0.0373. The van der Waals surface area contributed by atoms with Gasteiger partial charge in [0.05, 0.1) is 22.0 Å². The molecule has 202 valence electrons. The molecule has 7 heteroatoms. The number of fused-ring (bicyclic) bond motifs is 4. The molecule has 4 atom stereocenters. The highest BCUT2D eigenvalue weighted by atomic mass is 79.9. The maximum Gasteiger partial charge on any atom is 0.238 e. The lowest BCUT2D eigenvalue weighted by atomic mass is 9.59. The van der Waals surface area contributed by atoms with Crippen LogP contribution in [-0.2, 0) is 19.2 Å². The fraction of sp³-hybridized carbons (Fsp3) is 0.176. The van der Waals surface area contributed by atoms with Crippen LogP contribution in [0.15, 0.2) is 101 Å². The third-order valence-corrected chi connectivity index (χ3v) is 9.55. The van der Waals surface area contributed by atoms with E-state index in [-0.39, 0.29) is 40.0 Å². The van der Waals surface area contributed by atoms with Crippen LogP contribution in [0.4, 0.5) is 5.69 Å². The fourth-order valence-electron chi connectivity index (χ4n) is 7.08. The summed E-state index contributed by atoms with van der Waals surface area (Å²) in [5.74, 6) is -3.60. The molecule has 1 saturated heterocycles. The molecular weight excluding hydrogens is 582 g/mol. The van der Waals surface area contributed by atoms with E-state index in [2.05, 4.69) is 22.5 Å². The molecule has 1 N–H and O–H groups in total. The number of hydrogen-bond acceptors (Lipinski definition) is 5. The molecular formula is C34H24BrNO5. The Morgan fingerprint density at radius 2 is 1.68 bits per heavy atom. The van der Waals surface area contributed by atoms with Crippen molar-refractivity contribution in [2.75, 3.05) is 4.90 Å². The number of aromatic hydroxyl groups is 1. The number of anilines is 1. The summed E-state index contributed by atoms with van der Waals surface area (Å²) in [5, 5.41) is 13.0. The smallest absolute Gasteiger partial charge is 0.238 e. The van der Waals surface area contributed by atoms with Crippen molar-refractivity contribution in [1.82, 2.24) is 0 Å². The molecule has 1 fully saturated rings. The average molecular weight is 606 g/mol. The highest BCUT2D eigenvalue weighted by Crippen LogP contribution is 2.57. The van der Waals surface area contributed by atoms with Gasteiger partial charge in [-0.1, -0.05) is 72.8 Å². The van der Waals surface area contributed by atoms with Crippen molar-refractivity contribution in [2.24, 2.45) is 17.8 Å². The molecule has 6 nitrogen and oxygen atoms in total. The second-order valence-corrected chi connectivity index (χ2v) is 11.8. The number of ketones is 2. The number of benzene rings is 3. The summed E-state index contributed by atoms with van der Waals surface area (Å²) in [4.78, 5) is 55.9. The topological polar surface area (TPSA) is 91.8 Å². The molecule has 0 saturated carbocycles. The van der Waals surface area contributed by atoms with Crippen molar-refractivity contribution >= 4 is 61.8 Å². The van der Waals surface area contributed by atoms with Gasteiger partial charge in [0.2, 0.25) is 11.8 Å². The molecule has 3 aromatic rings. The van der Waals surface area contributed by atoms with E-state index in [9.17, 15) is 24.3 Å². The van der Waals surface area contributed by atoms with Crippen molar-refractivity contribution in [1.29, 1.82) is 0 Å². The number of allylic oxidation sites excluding steroid dienone is 6. The molecule has 41 heavy (non-hydrogen) atoms. The highest BCUT2D eigenvalue weighted by molar-refractivity contribution is 9.12. The number of nitrogens with zero attached hydrogens (tertiary/aromatic N) is 1. The Balaban J connectivity index is 1.38. The average Bonchev–Trinajstić information content (AvgIpc) is 3.25. The number of amides is 2. The number of imide groups is 1. The first-order chi connectivity index (χ1) is 19.8. The van der Waals surface area contributed by atoms with Gasteiger partial charge in [-0.25, -0.2) is 0 Å². The number of carbonyl (C=O) groups is 4. The fourth-order valence-corrected chi connectivity index (χ4v) is 7.53. The molecule has 0 radical (unpaired) electrons. The molecule has 3 aliphatic carbocycles. The normalized spacial score (nSPS) is 25.5. The van der Waals surface area contributed by atoms with Crippen LogP contribution in [0.3, 0.4) is 0 Å². The third-order valence-electron chi connectivity index (χ3n) is 8.96. The van der Waals surface area contributed by atoms with Crippen LogP contribution in [0.5, 0.6) is 5.75 Å². The van der Waals surface area contributed by atoms with Crippen molar-refractivity contribution in [3.05, 3.63) is 112 Å². The Morgan fingerprint density at radius 3 is 2.44 bits per heavy atom. The summed E-state index contributed by atoms with van der Waals surface area (Å²) in [6.45, 7) is 3.76. The number of halogens is 1. The van der Waals surface area contributed by atoms with Crippen LogP contribution in [0.2, 0.25) is 0 Å². The quantitative estimate of drug-likeness (QED) is 0.219. The van der Waals surface area contributed by atoms with Gasteiger partial charge in [0.1, 0.15) is 5.75 Å². The molecule has 3 aromatic carbocycles. The SMILES string of the molecule is C=Cc1ccc(N2C(=O)C3CC=C4C(c5ccc6ccccc6c5O)C5=C(CC4C3C2=O)C(=O)C(Br)=CC5=O)cc1. The summed E-state index contributed by atoms with van der Waals surface area (Å²) >= 11 is 3.25. The van der Waals surface area contributed by atoms with Crippen LogP contribution in [-0.4, -0.2) is 28.5 Å². The monoisotopic (exact) mass is 605 g/mol. The van der Waals surface area contributed by atoms with E-state index in [1.54, 1.807) is 36.4 Å². The summed E-state index contributed by atoms with van der Waals surface area (Å²) < 4.78 is 0.167. The molecule has 1 heterocycles. The minimum atomic E-state index is -0.716. The first-order valence-electron chi connectivity index (χ1n) is 13.5. The van der Waals surface area contributed by atoms with Gasteiger partial charge in [-0.3, -0.25) is 24.1 Å². The highest BCUT2D eigenvalue weighted by Gasteiger charge is 2.56. The Hall–Kier alpha value is -4.36. The summed E-state index contributed by atoms with van der Waals surface area (Å²) in [5.41, 5.74) is 3.34. The van der Waals surface area contributed by atoms with E-state index in [4.69, 9.17) is 0 Å². The van der Waals surface area contributed by atoms with E-state index in [0.29, 0.717) is 34.2 Å². The predicted octanol–water partition coefficient (Wildman–Crippen LogP) is 6.16. The lowest BCUT2D eigenvalue weighted by molar-refractivity contribution is -0.123. The van der Waals surface area contributed by atoms with Crippen molar-refractivity contribution < 1.29 is 24.3 Å². The Morgan fingerprint density at radius 1 is 0.927 bits per heavy atom. The maximum atomic E-state index is 14.0. The number of Topliss-reactive ketones (excluding diaryl/α,β-unsaturated/α-hetero) is 1. The maximum absolute atomic E-state index is 14.0. The molecule has 1 aliphatic heterocycles. The standard InChI is InChI=1S/C34H24BrNO5/c1-2-17-7-10-19(11-8-17)36-33(40)23-14-13-21-24(29(23)34(36)41)15-25-30(27(37)16-26(35)32(25)39)28(21)22-12-9-18-5-3-4-6-20(18)31(22)38/h2-13,16,23-24,28-29,38H,1,14-15H2. The van der Waals surface area contributed by atoms with Crippen LogP contribution in [0.1, 0.15) is 29.9 Å². The first-order valence-corrected chi connectivity index (χ1v) is 14.3. The second kappa shape index (κ2) is 9.35. The molecule has 0 bridgehead atoms. The Labute approximate surface area is 244 Å². The van der Waals surface area contributed by atoms with Crippen molar-refractivity contribution in [3.63, 3.8) is 0 Å². The van der Waals surface area contributed by atoms with Gasteiger partial charge < -0.3 is 5.11 Å². The molecule has 0 spiro atoms. The Bertz CT molecular complexity index is 1830. The van der Waals surface area contributed by atoms with Crippen molar-refractivity contribution in [3.8, 4) is 5.75 Å². The molecule has 0 aromatic heterocycles. The summed E-state index contributed by atoms with van der Waals surface area (Å²) in [6, 6.07) is 18.2. The van der Waals surface area contributed by atoms with E-state index in [1.807, 2.05) is 36.4 Å². The van der Waals surface area contributed by atoms with Crippen molar-refractivity contribution in [2.45, 2.75) is 18.8 Å². The lowest BCUT2D eigenvalue weighted by Crippen LogP contribution is -2.39. The molecule has 7 rings (SSSR count). The van der Waals surface area contributed by atoms with Crippen LogP contribution < -0.4 is 4.90 Å². The number of carbonyl (C=O) groups excluding carboxylic acids is 4. The molecule has 4 unspecified atom stereocenters. The number of hydrogen-bond donors (Lipinski definition) is 1. The van der Waals surface area contributed by atoms with Gasteiger partial charge >= 0.3 is 0 Å². The van der Waals surface area contributed by atoms with Crippen LogP contribution >= 0.6 is 15.9 Å². The van der Waals surface area contributed by atoms with Gasteiger partial charge in [0.15, 0.2) is 11.6 Å². The van der Waals surface area contributed by atoms with E-state index in [0.717, 1.165) is 16.5 Å². The number of phenolic OH excluding ortho intramolecular Hbond substituents is 1. The largest absolute Gasteiger partial charge is 0.507 e. The van der Waals surface area contributed by atoms with E-state index >= 15 is 0 Å². The third kappa shape index (κ3) is 3.68. The number of rotatable bonds is 3. The van der Waals surface area contributed by atoms with Gasteiger partial charge in [-0.2, -0.15) is 0 Å². The van der Waals surface area contributed by atoms with Gasteiger partial charge in [-0.05, 0) is 57.8 Å². The second-order valence-electron chi connectivity index (χ2n) is 10.9. The predicted molar refractivity (Wildman–Crippen MR) is 159 cm³/mol. The molecule has 4 aliphatic rings. The first kappa shape index (κ1) is 25.6.